The number of nitrogens with one attached hydrogen (secondary N) is 1. The topological polar surface area (TPSA) is 85.8 Å². The molecular formula is C18H27ClFN5O. The molecule has 1 amide bonds. The SMILES string of the molecule is CC(C)c1nc(C(=O)NC(C)(CN)C(C)C)nn1-c1cccc(F)c1.Cl. The highest BCUT2D eigenvalue weighted by Gasteiger charge is 2.31. The second kappa shape index (κ2) is 8.60. The maximum absolute atomic E-state index is 13.6. The van der Waals surface area contributed by atoms with Gasteiger partial charge in [0.25, 0.3) is 5.91 Å². The number of rotatable bonds is 6. The zero-order valence-electron chi connectivity index (χ0n) is 15.8. The summed E-state index contributed by atoms with van der Waals surface area (Å²) in [6.07, 6.45) is 0. The first-order valence-electron chi connectivity index (χ1n) is 8.43. The molecule has 0 spiro atoms. The van der Waals surface area contributed by atoms with Gasteiger partial charge < -0.3 is 11.1 Å². The number of nitrogens with two attached hydrogens (primary N) is 1. The lowest BCUT2D eigenvalue weighted by Crippen LogP contribution is -2.55. The van der Waals surface area contributed by atoms with Gasteiger partial charge in [-0.1, -0.05) is 33.8 Å². The molecule has 26 heavy (non-hydrogen) atoms. The number of carbonyl (C=O) groups is 1. The van der Waals surface area contributed by atoms with E-state index in [-0.39, 0.29) is 35.9 Å². The van der Waals surface area contributed by atoms with Gasteiger partial charge in [0, 0.05) is 12.5 Å². The van der Waals surface area contributed by atoms with Crippen LogP contribution in [0.2, 0.25) is 0 Å². The van der Waals surface area contributed by atoms with Crippen LogP contribution in [0.5, 0.6) is 0 Å². The van der Waals surface area contributed by atoms with Gasteiger partial charge in [0.15, 0.2) is 0 Å². The molecule has 2 rings (SSSR count). The van der Waals surface area contributed by atoms with Gasteiger partial charge in [-0.25, -0.2) is 14.1 Å². The summed E-state index contributed by atoms with van der Waals surface area (Å²) in [5.41, 5.74) is 5.80. The normalized spacial score (nSPS) is 13.4. The van der Waals surface area contributed by atoms with Crippen molar-refractivity contribution < 1.29 is 9.18 Å². The molecule has 1 atom stereocenters. The molecule has 1 aromatic carbocycles. The minimum atomic E-state index is -0.556. The van der Waals surface area contributed by atoms with Gasteiger partial charge in [-0.15, -0.1) is 17.5 Å². The Labute approximate surface area is 159 Å². The monoisotopic (exact) mass is 383 g/mol. The first-order valence-corrected chi connectivity index (χ1v) is 8.43. The number of amides is 1. The molecule has 3 N–H and O–H groups in total. The van der Waals surface area contributed by atoms with Crippen molar-refractivity contribution in [2.75, 3.05) is 6.54 Å². The highest BCUT2D eigenvalue weighted by molar-refractivity contribution is 5.91. The van der Waals surface area contributed by atoms with Gasteiger partial charge in [-0.2, -0.15) is 0 Å². The summed E-state index contributed by atoms with van der Waals surface area (Å²) in [6, 6.07) is 6.04. The highest BCUT2D eigenvalue weighted by atomic mass is 35.5. The van der Waals surface area contributed by atoms with Gasteiger partial charge in [0.05, 0.1) is 11.2 Å². The molecule has 0 radical (unpaired) electrons. The first kappa shape index (κ1) is 22.1. The molecule has 2 aromatic rings. The summed E-state index contributed by atoms with van der Waals surface area (Å²) in [6.45, 7) is 10.1. The first-order chi connectivity index (χ1) is 11.7. The molecule has 6 nitrogen and oxygen atoms in total. The highest BCUT2D eigenvalue weighted by Crippen LogP contribution is 2.19. The third kappa shape index (κ3) is 4.59. The van der Waals surface area contributed by atoms with E-state index < -0.39 is 11.4 Å². The average molecular weight is 384 g/mol. The van der Waals surface area contributed by atoms with Crippen molar-refractivity contribution in [2.24, 2.45) is 11.7 Å². The molecule has 0 bridgehead atoms. The summed E-state index contributed by atoms with van der Waals surface area (Å²) >= 11 is 0. The molecule has 0 fully saturated rings. The summed E-state index contributed by atoms with van der Waals surface area (Å²) in [7, 11) is 0. The van der Waals surface area contributed by atoms with E-state index >= 15 is 0 Å². The fourth-order valence-electron chi connectivity index (χ4n) is 2.34. The summed E-state index contributed by atoms with van der Waals surface area (Å²) in [5.74, 6) is 0.0468. The van der Waals surface area contributed by atoms with Crippen LogP contribution in [0.3, 0.4) is 0 Å². The lowest BCUT2D eigenvalue weighted by molar-refractivity contribution is 0.0872. The number of hydrogen-bond donors (Lipinski definition) is 2. The Morgan fingerprint density at radius 2 is 2.00 bits per heavy atom. The van der Waals surface area contributed by atoms with Crippen molar-refractivity contribution in [1.82, 2.24) is 20.1 Å². The number of nitrogens with zero attached hydrogens (tertiary/aromatic N) is 3. The van der Waals surface area contributed by atoms with E-state index in [4.69, 9.17) is 5.73 Å². The molecule has 0 aliphatic heterocycles. The summed E-state index contributed by atoms with van der Waals surface area (Å²) in [5, 5.41) is 7.23. The van der Waals surface area contributed by atoms with Crippen molar-refractivity contribution in [3.05, 3.63) is 41.7 Å². The van der Waals surface area contributed by atoms with Crippen LogP contribution >= 0.6 is 12.4 Å². The van der Waals surface area contributed by atoms with Crippen molar-refractivity contribution in [2.45, 2.75) is 46.1 Å². The maximum Gasteiger partial charge on any atom is 0.291 e. The number of halogens is 2. The Kier molecular flexibility index (Phi) is 7.29. The Morgan fingerprint density at radius 3 is 2.50 bits per heavy atom. The van der Waals surface area contributed by atoms with Crippen LogP contribution in [0, 0.1) is 11.7 Å². The molecule has 1 aromatic heterocycles. The maximum atomic E-state index is 13.6. The van der Waals surface area contributed by atoms with E-state index in [1.807, 2.05) is 34.6 Å². The Balaban J connectivity index is 0.00000338. The van der Waals surface area contributed by atoms with Crippen LogP contribution in [0.15, 0.2) is 24.3 Å². The average Bonchev–Trinajstić information content (AvgIpc) is 3.00. The molecule has 0 saturated heterocycles. The van der Waals surface area contributed by atoms with Crippen LogP contribution in [-0.4, -0.2) is 32.8 Å². The molecule has 144 valence electrons. The van der Waals surface area contributed by atoms with Gasteiger partial charge in [0.1, 0.15) is 11.6 Å². The molecule has 0 aliphatic rings. The Hall–Kier alpha value is -1.99. The van der Waals surface area contributed by atoms with Crippen LogP contribution < -0.4 is 11.1 Å². The van der Waals surface area contributed by atoms with Gasteiger partial charge in [-0.05, 0) is 31.0 Å². The molecule has 0 saturated carbocycles. The second-order valence-electron chi connectivity index (χ2n) is 7.07. The number of benzene rings is 1. The smallest absolute Gasteiger partial charge is 0.291 e. The summed E-state index contributed by atoms with van der Waals surface area (Å²) in [4.78, 5) is 17.0. The van der Waals surface area contributed by atoms with Crippen LogP contribution in [0.1, 0.15) is 57.0 Å². The van der Waals surface area contributed by atoms with Crippen molar-refractivity contribution in [1.29, 1.82) is 0 Å². The molecular weight excluding hydrogens is 357 g/mol. The standard InChI is InChI=1S/C18H26FN5O.ClH/c1-11(2)16-21-15(17(25)22-18(5,10-20)12(3)4)23-24(16)14-8-6-7-13(19)9-14;/h6-9,11-12H,10,20H2,1-5H3,(H,22,25);1H. The van der Waals surface area contributed by atoms with Crippen molar-refractivity contribution >= 4 is 18.3 Å². The van der Waals surface area contributed by atoms with E-state index in [0.29, 0.717) is 18.1 Å². The zero-order valence-corrected chi connectivity index (χ0v) is 16.6. The van der Waals surface area contributed by atoms with Crippen LogP contribution in [0.25, 0.3) is 5.69 Å². The number of aromatic nitrogens is 3. The van der Waals surface area contributed by atoms with Gasteiger partial charge >= 0.3 is 0 Å². The Morgan fingerprint density at radius 1 is 1.35 bits per heavy atom. The lowest BCUT2D eigenvalue weighted by atomic mass is 9.88. The van der Waals surface area contributed by atoms with E-state index in [9.17, 15) is 9.18 Å². The quantitative estimate of drug-likeness (QED) is 0.802. The van der Waals surface area contributed by atoms with E-state index in [1.165, 1.54) is 16.8 Å². The number of carbonyl (C=O) groups excluding carboxylic acids is 1. The molecule has 8 heteroatoms. The Bertz CT molecular complexity index is 762. The third-order valence-corrected chi connectivity index (χ3v) is 4.50. The predicted molar refractivity (Wildman–Crippen MR) is 102 cm³/mol. The van der Waals surface area contributed by atoms with Crippen LogP contribution in [0.4, 0.5) is 4.39 Å². The van der Waals surface area contributed by atoms with E-state index in [2.05, 4.69) is 15.4 Å². The van der Waals surface area contributed by atoms with Crippen molar-refractivity contribution in [3.63, 3.8) is 0 Å². The van der Waals surface area contributed by atoms with Gasteiger partial charge in [-0.3, -0.25) is 4.79 Å². The minimum Gasteiger partial charge on any atom is -0.343 e. The predicted octanol–water partition coefficient (Wildman–Crippen LogP) is 3.05. The molecule has 1 unspecified atom stereocenters. The van der Waals surface area contributed by atoms with E-state index in [1.54, 1.807) is 12.1 Å². The third-order valence-electron chi connectivity index (χ3n) is 4.50. The lowest BCUT2D eigenvalue weighted by Gasteiger charge is -2.33. The molecule has 0 aliphatic carbocycles. The van der Waals surface area contributed by atoms with Gasteiger partial charge in [0.2, 0.25) is 5.82 Å². The van der Waals surface area contributed by atoms with Crippen LogP contribution in [-0.2, 0) is 0 Å². The number of hydrogen-bond acceptors (Lipinski definition) is 4. The molecule has 1 heterocycles. The minimum absolute atomic E-state index is 0. The summed E-state index contributed by atoms with van der Waals surface area (Å²) < 4.78 is 15.1. The fourth-order valence-corrected chi connectivity index (χ4v) is 2.34. The largest absolute Gasteiger partial charge is 0.343 e. The van der Waals surface area contributed by atoms with Crippen molar-refractivity contribution in [3.8, 4) is 5.69 Å². The second-order valence-corrected chi connectivity index (χ2v) is 7.07. The fraction of sp³-hybridized carbons (Fsp3) is 0.500. The zero-order chi connectivity index (χ0) is 18.8. The van der Waals surface area contributed by atoms with E-state index in [0.717, 1.165) is 0 Å².